The molecule has 1 heterocycles. The zero-order chi connectivity index (χ0) is 22.6. The number of halogens is 1. The second kappa shape index (κ2) is 15.1. The Bertz CT molecular complexity index is 856. The third-order valence-corrected chi connectivity index (χ3v) is 5.45. The normalized spacial score (nSPS) is 14.6. The quantitative estimate of drug-likeness (QED) is 0.262. The molecule has 8 heteroatoms. The summed E-state index contributed by atoms with van der Waals surface area (Å²) in [5.41, 5.74) is 3.79. The molecule has 0 aromatic heterocycles. The van der Waals surface area contributed by atoms with E-state index in [4.69, 9.17) is 9.47 Å². The van der Waals surface area contributed by atoms with Crippen LogP contribution in [0.1, 0.15) is 16.7 Å². The van der Waals surface area contributed by atoms with Crippen molar-refractivity contribution in [1.29, 1.82) is 0 Å². The molecule has 1 aliphatic heterocycles. The van der Waals surface area contributed by atoms with Gasteiger partial charge in [0, 0.05) is 46.3 Å². The molecular weight excluding hydrogens is 529 g/mol. The second-order valence-electron chi connectivity index (χ2n) is 8.24. The van der Waals surface area contributed by atoms with Crippen molar-refractivity contribution >= 4 is 29.9 Å². The van der Waals surface area contributed by atoms with Gasteiger partial charge in [0.15, 0.2) is 5.96 Å². The molecule has 0 amide bonds. The molecule has 1 saturated heterocycles. The van der Waals surface area contributed by atoms with Crippen molar-refractivity contribution in [1.82, 2.24) is 20.4 Å². The standard InChI is InChI=1S/C25H37N5O2.HI/c1-26-25(27-18-21-7-6-10-24(17-21)32-16-11-29(2)3)28-19-22-8-4-5-9-23(22)20-30-12-14-31-15-13-30;/h4-10,17H,11-16,18-20H2,1-3H3,(H2,26,27,28);1H. The molecular formula is C25H38IN5O2. The highest BCUT2D eigenvalue weighted by molar-refractivity contribution is 14.0. The number of guanidine groups is 1. The van der Waals surface area contributed by atoms with Crippen molar-refractivity contribution in [2.75, 3.05) is 60.6 Å². The summed E-state index contributed by atoms with van der Waals surface area (Å²) >= 11 is 0. The fourth-order valence-electron chi connectivity index (χ4n) is 3.56. The van der Waals surface area contributed by atoms with Crippen LogP contribution in [0, 0.1) is 0 Å². The summed E-state index contributed by atoms with van der Waals surface area (Å²) in [5.74, 6) is 1.68. The average molecular weight is 568 g/mol. The van der Waals surface area contributed by atoms with Gasteiger partial charge in [-0.2, -0.15) is 0 Å². The van der Waals surface area contributed by atoms with Gasteiger partial charge in [-0.3, -0.25) is 9.89 Å². The van der Waals surface area contributed by atoms with E-state index in [1.807, 2.05) is 26.2 Å². The zero-order valence-corrected chi connectivity index (χ0v) is 22.4. The molecule has 0 aliphatic carbocycles. The van der Waals surface area contributed by atoms with Crippen LogP contribution < -0.4 is 15.4 Å². The Kier molecular flexibility index (Phi) is 12.5. The van der Waals surface area contributed by atoms with Crippen molar-refractivity contribution in [2.45, 2.75) is 19.6 Å². The number of benzene rings is 2. The van der Waals surface area contributed by atoms with Crippen LogP contribution in [0.15, 0.2) is 53.5 Å². The SMILES string of the molecule is CN=C(NCc1cccc(OCCN(C)C)c1)NCc1ccccc1CN1CCOCC1.I. The summed E-state index contributed by atoms with van der Waals surface area (Å²) in [4.78, 5) is 8.94. The van der Waals surface area contributed by atoms with Crippen LogP contribution in [0.25, 0.3) is 0 Å². The zero-order valence-electron chi connectivity index (χ0n) is 20.0. The fraction of sp³-hybridized carbons (Fsp3) is 0.480. The average Bonchev–Trinajstić information content (AvgIpc) is 2.81. The van der Waals surface area contributed by atoms with Gasteiger partial charge in [-0.25, -0.2) is 0 Å². The molecule has 0 atom stereocenters. The van der Waals surface area contributed by atoms with Crippen LogP contribution in [-0.2, 0) is 24.4 Å². The van der Waals surface area contributed by atoms with Crippen LogP contribution in [0.2, 0.25) is 0 Å². The predicted octanol–water partition coefficient (Wildman–Crippen LogP) is 2.94. The lowest BCUT2D eigenvalue weighted by Gasteiger charge is -2.27. The molecule has 2 aromatic carbocycles. The van der Waals surface area contributed by atoms with Crippen LogP contribution in [-0.4, -0.2) is 76.4 Å². The Balaban J connectivity index is 0.00000385. The molecule has 0 bridgehead atoms. The monoisotopic (exact) mass is 567 g/mol. The summed E-state index contributed by atoms with van der Waals surface area (Å²) < 4.78 is 11.3. The minimum atomic E-state index is 0. The Morgan fingerprint density at radius 3 is 2.48 bits per heavy atom. The van der Waals surface area contributed by atoms with E-state index >= 15 is 0 Å². The van der Waals surface area contributed by atoms with Crippen LogP contribution >= 0.6 is 24.0 Å². The van der Waals surface area contributed by atoms with Crippen molar-refractivity contribution in [2.24, 2.45) is 4.99 Å². The number of likely N-dealkylation sites (N-methyl/N-ethyl adjacent to an activating group) is 1. The highest BCUT2D eigenvalue weighted by Crippen LogP contribution is 2.14. The highest BCUT2D eigenvalue weighted by Gasteiger charge is 2.12. The molecule has 3 rings (SSSR count). The smallest absolute Gasteiger partial charge is 0.191 e. The predicted molar refractivity (Wildman–Crippen MR) is 145 cm³/mol. The van der Waals surface area contributed by atoms with E-state index in [0.29, 0.717) is 13.2 Å². The van der Waals surface area contributed by atoms with Gasteiger partial charge < -0.3 is 25.0 Å². The second-order valence-corrected chi connectivity index (χ2v) is 8.24. The van der Waals surface area contributed by atoms with E-state index in [1.54, 1.807) is 7.05 Å². The number of morpholine rings is 1. The summed E-state index contributed by atoms with van der Waals surface area (Å²) in [7, 11) is 5.89. The van der Waals surface area contributed by atoms with Gasteiger partial charge in [-0.05, 0) is 42.9 Å². The summed E-state index contributed by atoms with van der Waals surface area (Å²) in [5, 5.41) is 6.86. The van der Waals surface area contributed by atoms with E-state index in [0.717, 1.165) is 63.2 Å². The van der Waals surface area contributed by atoms with Crippen molar-refractivity contribution < 1.29 is 9.47 Å². The maximum Gasteiger partial charge on any atom is 0.191 e. The number of nitrogens with one attached hydrogen (secondary N) is 2. The molecule has 1 aliphatic rings. The van der Waals surface area contributed by atoms with E-state index in [9.17, 15) is 0 Å². The van der Waals surface area contributed by atoms with Crippen molar-refractivity contribution in [3.63, 3.8) is 0 Å². The summed E-state index contributed by atoms with van der Waals surface area (Å²) in [6.07, 6.45) is 0. The Morgan fingerprint density at radius 2 is 1.76 bits per heavy atom. The van der Waals surface area contributed by atoms with E-state index < -0.39 is 0 Å². The van der Waals surface area contributed by atoms with E-state index in [1.165, 1.54) is 11.1 Å². The highest BCUT2D eigenvalue weighted by atomic mass is 127. The summed E-state index contributed by atoms with van der Waals surface area (Å²) in [6.45, 7) is 7.55. The topological polar surface area (TPSA) is 61.4 Å². The van der Waals surface area contributed by atoms with Crippen LogP contribution in [0.3, 0.4) is 0 Å². The lowest BCUT2D eigenvalue weighted by molar-refractivity contribution is 0.0341. The first-order valence-corrected chi connectivity index (χ1v) is 11.3. The fourth-order valence-corrected chi connectivity index (χ4v) is 3.56. The van der Waals surface area contributed by atoms with E-state index in [2.05, 4.69) is 61.8 Å². The van der Waals surface area contributed by atoms with Gasteiger partial charge in [0.25, 0.3) is 0 Å². The number of aliphatic imine (C=N–C) groups is 1. The lowest BCUT2D eigenvalue weighted by atomic mass is 10.1. The van der Waals surface area contributed by atoms with Gasteiger partial charge in [0.2, 0.25) is 0 Å². The first-order chi connectivity index (χ1) is 15.6. The molecule has 0 radical (unpaired) electrons. The Morgan fingerprint density at radius 1 is 1.03 bits per heavy atom. The van der Waals surface area contributed by atoms with Crippen molar-refractivity contribution in [3.05, 3.63) is 65.2 Å². The number of hydrogen-bond donors (Lipinski definition) is 2. The Hall–Kier alpha value is -1.88. The lowest BCUT2D eigenvalue weighted by Crippen LogP contribution is -2.37. The molecule has 0 saturated carbocycles. The van der Waals surface area contributed by atoms with Gasteiger partial charge in [0.1, 0.15) is 12.4 Å². The van der Waals surface area contributed by atoms with E-state index in [-0.39, 0.29) is 24.0 Å². The van der Waals surface area contributed by atoms with Crippen molar-refractivity contribution in [3.8, 4) is 5.75 Å². The summed E-state index contributed by atoms with van der Waals surface area (Å²) in [6, 6.07) is 16.8. The largest absolute Gasteiger partial charge is 0.492 e. The van der Waals surface area contributed by atoms with Gasteiger partial charge in [-0.1, -0.05) is 36.4 Å². The molecule has 1 fully saturated rings. The number of hydrogen-bond acceptors (Lipinski definition) is 5. The van der Waals surface area contributed by atoms with Gasteiger partial charge in [0.05, 0.1) is 13.2 Å². The van der Waals surface area contributed by atoms with Gasteiger partial charge in [-0.15, -0.1) is 24.0 Å². The van der Waals surface area contributed by atoms with Crippen LogP contribution in [0.4, 0.5) is 0 Å². The third-order valence-electron chi connectivity index (χ3n) is 5.45. The molecule has 33 heavy (non-hydrogen) atoms. The molecule has 7 nitrogen and oxygen atoms in total. The molecule has 2 aromatic rings. The van der Waals surface area contributed by atoms with Crippen LogP contribution in [0.5, 0.6) is 5.75 Å². The number of rotatable bonds is 10. The third kappa shape index (κ3) is 9.87. The molecule has 182 valence electrons. The maximum absolute atomic E-state index is 5.84. The number of nitrogens with zero attached hydrogens (tertiary/aromatic N) is 3. The van der Waals surface area contributed by atoms with Gasteiger partial charge >= 0.3 is 0 Å². The molecule has 2 N–H and O–H groups in total. The number of ether oxygens (including phenoxy) is 2. The first-order valence-electron chi connectivity index (χ1n) is 11.3. The maximum atomic E-state index is 5.84. The minimum Gasteiger partial charge on any atom is -0.492 e. The minimum absolute atomic E-state index is 0. The first kappa shape index (κ1) is 27.4. The molecule has 0 spiro atoms. The Labute approximate surface area is 215 Å². The molecule has 0 unspecified atom stereocenters.